The van der Waals surface area contributed by atoms with Gasteiger partial charge >= 0.3 is 0 Å². The van der Waals surface area contributed by atoms with E-state index in [-0.39, 0.29) is 0 Å². The molecule has 0 spiro atoms. The van der Waals surface area contributed by atoms with Crippen LogP contribution in [0, 0.1) is 0 Å². The first-order chi connectivity index (χ1) is 9.66. The first-order valence-electron chi connectivity index (χ1n) is 6.69. The molecule has 2 aromatic rings. The Morgan fingerprint density at radius 2 is 2.00 bits per heavy atom. The minimum atomic E-state index is 0.430. The molecule has 0 atom stereocenters. The Labute approximate surface area is 124 Å². The van der Waals surface area contributed by atoms with E-state index in [1.54, 1.807) is 12.4 Å². The summed E-state index contributed by atoms with van der Waals surface area (Å²) in [7, 11) is 0. The van der Waals surface area contributed by atoms with Crippen molar-refractivity contribution in [2.45, 2.75) is 33.0 Å². The first-order valence-corrected chi connectivity index (χ1v) is 7.07. The number of pyridine rings is 1. The quantitative estimate of drug-likeness (QED) is 0.878. The summed E-state index contributed by atoms with van der Waals surface area (Å²) in [6.07, 6.45) is 3.52. The largest absolute Gasteiger partial charge is 0.487 e. The van der Waals surface area contributed by atoms with Crippen LogP contribution in [0.15, 0.2) is 42.7 Å². The lowest BCUT2D eigenvalue weighted by Gasteiger charge is -2.13. The highest BCUT2D eigenvalue weighted by Gasteiger charge is 2.06. The molecule has 2 rings (SSSR count). The van der Waals surface area contributed by atoms with Gasteiger partial charge in [0.2, 0.25) is 0 Å². The zero-order valence-electron chi connectivity index (χ0n) is 11.8. The number of benzene rings is 1. The number of nitrogens with one attached hydrogen (secondary N) is 1. The Bertz CT molecular complexity index is 558. The van der Waals surface area contributed by atoms with Gasteiger partial charge in [-0.2, -0.15) is 0 Å². The summed E-state index contributed by atoms with van der Waals surface area (Å²) in [6.45, 7) is 5.44. The van der Waals surface area contributed by atoms with Crippen LogP contribution < -0.4 is 10.1 Å². The lowest BCUT2D eigenvalue weighted by molar-refractivity contribution is 0.300. The Hall–Kier alpha value is -1.58. The number of hydrogen-bond acceptors (Lipinski definition) is 3. The highest BCUT2D eigenvalue weighted by Crippen LogP contribution is 2.21. The molecule has 1 N–H and O–H groups in total. The average molecular weight is 291 g/mol. The van der Waals surface area contributed by atoms with Gasteiger partial charge in [0.1, 0.15) is 12.4 Å². The molecule has 0 saturated heterocycles. The fourth-order valence-electron chi connectivity index (χ4n) is 1.77. The van der Waals surface area contributed by atoms with Crippen molar-refractivity contribution in [1.82, 2.24) is 10.3 Å². The standard InChI is InChI=1S/C16H19ClN2O/c1-12(2)19-9-13-7-8-18-10-16(13)20-11-14-5-3-4-6-15(14)17/h3-8,10,12,19H,9,11H2,1-2H3. The maximum Gasteiger partial charge on any atom is 0.142 e. The lowest BCUT2D eigenvalue weighted by Crippen LogP contribution is -2.22. The second kappa shape index (κ2) is 7.27. The fraction of sp³-hybridized carbons (Fsp3) is 0.312. The third-order valence-electron chi connectivity index (χ3n) is 2.91. The summed E-state index contributed by atoms with van der Waals surface area (Å²) in [5.41, 5.74) is 2.07. The van der Waals surface area contributed by atoms with Gasteiger partial charge in [-0.15, -0.1) is 0 Å². The first kappa shape index (κ1) is 14.8. The third-order valence-corrected chi connectivity index (χ3v) is 3.28. The molecule has 0 bridgehead atoms. The molecule has 0 aliphatic carbocycles. The van der Waals surface area contributed by atoms with Gasteiger partial charge < -0.3 is 10.1 Å². The lowest BCUT2D eigenvalue weighted by atomic mass is 10.2. The molecule has 0 unspecified atom stereocenters. The summed E-state index contributed by atoms with van der Waals surface area (Å²) in [5.74, 6) is 0.792. The summed E-state index contributed by atoms with van der Waals surface area (Å²) >= 11 is 6.13. The molecule has 0 saturated carbocycles. The summed E-state index contributed by atoms with van der Waals surface area (Å²) < 4.78 is 5.85. The molecule has 1 aromatic carbocycles. The average Bonchev–Trinajstić information content (AvgIpc) is 2.45. The summed E-state index contributed by atoms with van der Waals surface area (Å²) in [4.78, 5) is 4.12. The van der Waals surface area contributed by atoms with Gasteiger partial charge in [-0.1, -0.05) is 43.6 Å². The van der Waals surface area contributed by atoms with Crippen molar-refractivity contribution in [3.8, 4) is 5.75 Å². The molecule has 106 valence electrons. The number of halogens is 1. The van der Waals surface area contributed by atoms with E-state index in [2.05, 4.69) is 24.1 Å². The number of aromatic nitrogens is 1. The Kier molecular flexibility index (Phi) is 5.39. The molecule has 1 aromatic heterocycles. The van der Waals surface area contributed by atoms with Crippen LogP contribution in [-0.4, -0.2) is 11.0 Å². The van der Waals surface area contributed by atoms with Crippen molar-refractivity contribution in [2.75, 3.05) is 0 Å². The number of rotatable bonds is 6. The minimum Gasteiger partial charge on any atom is -0.487 e. The molecule has 1 heterocycles. The molecular weight excluding hydrogens is 272 g/mol. The van der Waals surface area contributed by atoms with Crippen LogP contribution in [0.2, 0.25) is 5.02 Å². The van der Waals surface area contributed by atoms with E-state index in [1.807, 2.05) is 30.3 Å². The Balaban J connectivity index is 2.04. The van der Waals surface area contributed by atoms with Crippen molar-refractivity contribution in [3.05, 3.63) is 58.9 Å². The molecule has 0 aliphatic heterocycles. The van der Waals surface area contributed by atoms with E-state index in [1.165, 1.54) is 0 Å². The van der Waals surface area contributed by atoms with Crippen LogP contribution in [0.25, 0.3) is 0 Å². The summed E-state index contributed by atoms with van der Waals surface area (Å²) in [5, 5.41) is 4.10. The predicted molar refractivity (Wildman–Crippen MR) is 82.0 cm³/mol. The van der Waals surface area contributed by atoms with Crippen molar-refractivity contribution in [3.63, 3.8) is 0 Å². The molecule has 0 aliphatic rings. The van der Waals surface area contributed by atoms with Gasteiger partial charge in [-0.05, 0) is 12.1 Å². The van der Waals surface area contributed by atoms with E-state index in [0.29, 0.717) is 12.6 Å². The van der Waals surface area contributed by atoms with Gasteiger partial charge in [-0.25, -0.2) is 0 Å². The van der Waals surface area contributed by atoms with Crippen LogP contribution >= 0.6 is 11.6 Å². The second-order valence-electron chi connectivity index (χ2n) is 4.90. The van der Waals surface area contributed by atoms with Crippen molar-refractivity contribution < 1.29 is 4.74 Å². The number of nitrogens with zero attached hydrogens (tertiary/aromatic N) is 1. The zero-order valence-corrected chi connectivity index (χ0v) is 12.5. The van der Waals surface area contributed by atoms with Crippen LogP contribution in [-0.2, 0) is 13.2 Å². The number of hydrogen-bond donors (Lipinski definition) is 1. The maximum atomic E-state index is 6.13. The maximum absolute atomic E-state index is 6.13. The second-order valence-corrected chi connectivity index (χ2v) is 5.31. The van der Waals surface area contributed by atoms with E-state index in [9.17, 15) is 0 Å². The van der Waals surface area contributed by atoms with E-state index in [4.69, 9.17) is 16.3 Å². The van der Waals surface area contributed by atoms with Gasteiger partial charge in [0.05, 0.1) is 6.20 Å². The molecular formula is C16H19ClN2O. The van der Waals surface area contributed by atoms with Crippen molar-refractivity contribution >= 4 is 11.6 Å². The van der Waals surface area contributed by atoms with Crippen LogP contribution in [0.3, 0.4) is 0 Å². The zero-order chi connectivity index (χ0) is 14.4. The van der Waals surface area contributed by atoms with Gasteiger partial charge in [0.15, 0.2) is 0 Å². The molecule has 0 amide bonds. The third kappa shape index (κ3) is 4.22. The fourth-order valence-corrected chi connectivity index (χ4v) is 1.96. The normalized spacial score (nSPS) is 10.8. The van der Waals surface area contributed by atoms with E-state index >= 15 is 0 Å². The SMILES string of the molecule is CC(C)NCc1ccncc1OCc1ccccc1Cl. The van der Waals surface area contributed by atoms with Crippen molar-refractivity contribution in [1.29, 1.82) is 0 Å². The van der Waals surface area contributed by atoms with E-state index < -0.39 is 0 Å². The smallest absolute Gasteiger partial charge is 0.142 e. The topological polar surface area (TPSA) is 34.2 Å². The van der Waals surface area contributed by atoms with Gasteiger partial charge in [0, 0.05) is 34.9 Å². The Morgan fingerprint density at radius 3 is 2.75 bits per heavy atom. The molecule has 0 radical (unpaired) electrons. The number of ether oxygens (including phenoxy) is 1. The van der Waals surface area contributed by atoms with E-state index in [0.717, 1.165) is 28.4 Å². The summed E-state index contributed by atoms with van der Waals surface area (Å²) in [6, 6.07) is 10.1. The molecule has 4 heteroatoms. The van der Waals surface area contributed by atoms with Crippen LogP contribution in [0.5, 0.6) is 5.75 Å². The predicted octanol–water partition coefficient (Wildman–Crippen LogP) is 3.81. The minimum absolute atomic E-state index is 0.430. The molecule has 3 nitrogen and oxygen atoms in total. The van der Waals surface area contributed by atoms with Gasteiger partial charge in [0.25, 0.3) is 0 Å². The molecule has 20 heavy (non-hydrogen) atoms. The van der Waals surface area contributed by atoms with Gasteiger partial charge in [-0.3, -0.25) is 4.98 Å². The van der Waals surface area contributed by atoms with Crippen LogP contribution in [0.1, 0.15) is 25.0 Å². The highest BCUT2D eigenvalue weighted by atomic mass is 35.5. The Morgan fingerprint density at radius 1 is 1.20 bits per heavy atom. The molecule has 0 fully saturated rings. The highest BCUT2D eigenvalue weighted by molar-refractivity contribution is 6.31. The van der Waals surface area contributed by atoms with Crippen molar-refractivity contribution in [2.24, 2.45) is 0 Å². The van der Waals surface area contributed by atoms with Crippen LogP contribution in [0.4, 0.5) is 0 Å². The monoisotopic (exact) mass is 290 g/mol.